The van der Waals surface area contributed by atoms with Gasteiger partial charge in [-0.2, -0.15) is 0 Å². The van der Waals surface area contributed by atoms with Gasteiger partial charge in [-0.05, 0) is 6.07 Å². The highest BCUT2D eigenvalue weighted by atomic mass is 35.5. The van der Waals surface area contributed by atoms with Crippen LogP contribution >= 0.6 is 11.6 Å². The van der Waals surface area contributed by atoms with Crippen molar-refractivity contribution in [3.8, 4) is 0 Å². The second-order valence-electron chi connectivity index (χ2n) is 2.79. The highest BCUT2D eigenvalue weighted by Gasteiger charge is 2.07. The fourth-order valence-corrected chi connectivity index (χ4v) is 1.16. The van der Waals surface area contributed by atoms with Gasteiger partial charge in [0.1, 0.15) is 12.4 Å². The molecule has 0 aromatic carbocycles. The van der Waals surface area contributed by atoms with Gasteiger partial charge in [-0.15, -0.1) is 0 Å². The minimum absolute atomic E-state index is 0.126. The van der Waals surface area contributed by atoms with E-state index in [1.54, 1.807) is 0 Å². The molecular formula is C8H9ClN4O3. The number of halogens is 1. The lowest BCUT2D eigenvalue weighted by Crippen LogP contribution is -2.16. The molecule has 7 nitrogen and oxygen atoms in total. The number of hydrogen-bond acceptors (Lipinski definition) is 5. The molecule has 0 atom stereocenters. The van der Waals surface area contributed by atoms with Gasteiger partial charge in [0.05, 0.1) is 5.02 Å². The molecule has 0 saturated heterocycles. The van der Waals surface area contributed by atoms with E-state index < -0.39 is 5.97 Å². The maximum atomic E-state index is 10.3. The van der Waals surface area contributed by atoms with Gasteiger partial charge in [0.2, 0.25) is 0 Å². The molecule has 0 spiro atoms. The third-order valence-electron chi connectivity index (χ3n) is 1.65. The maximum absolute atomic E-state index is 10.3. The number of hydrogen-bond donors (Lipinski definition) is 4. The molecule has 1 aromatic heterocycles. The van der Waals surface area contributed by atoms with E-state index in [4.69, 9.17) is 27.6 Å². The number of nitrogens with one attached hydrogen (secondary N) is 1. The number of carboxylic acid groups (broad SMARTS) is 1. The van der Waals surface area contributed by atoms with Gasteiger partial charge in [-0.3, -0.25) is 4.79 Å². The molecular weight excluding hydrogens is 236 g/mol. The largest absolute Gasteiger partial charge is 0.480 e. The molecule has 1 rings (SSSR count). The molecule has 1 aromatic rings. The Morgan fingerprint density at radius 3 is 2.88 bits per heavy atom. The van der Waals surface area contributed by atoms with Gasteiger partial charge in [0, 0.05) is 11.8 Å². The van der Waals surface area contributed by atoms with E-state index in [1.165, 1.54) is 12.3 Å². The number of carbonyl (C=O) groups is 1. The minimum atomic E-state index is -1.03. The number of pyridine rings is 1. The number of nitrogens with zero attached hydrogens (tertiary/aromatic N) is 2. The summed E-state index contributed by atoms with van der Waals surface area (Å²) < 4.78 is 0. The zero-order valence-corrected chi connectivity index (χ0v) is 8.77. The van der Waals surface area contributed by atoms with Crippen LogP contribution in [-0.4, -0.2) is 33.6 Å². The fraction of sp³-hybridized carbons (Fsp3) is 0.125. The first-order valence-corrected chi connectivity index (χ1v) is 4.51. The van der Waals surface area contributed by atoms with Crippen LogP contribution in [0.25, 0.3) is 0 Å². The van der Waals surface area contributed by atoms with Crippen LogP contribution in [0.2, 0.25) is 5.02 Å². The Morgan fingerprint density at radius 1 is 1.69 bits per heavy atom. The van der Waals surface area contributed by atoms with Crippen molar-refractivity contribution in [2.75, 3.05) is 11.9 Å². The second-order valence-corrected chi connectivity index (χ2v) is 3.19. The summed E-state index contributed by atoms with van der Waals surface area (Å²) in [4.78, 5) is 14.1. The van der Waals surface area contributed by atoms with Crippen molar-refractivity contribution >= 4 is 29.2 Å². The molecule has 86 valence electrons. The molecule has 8 heteroatoms. The Kier molecular flexibility index (Phi) is 3.90. The molecule has 0 amide bonds. The molecule has 16 heavy (non-hydrogen) atoms. The number of carboxylic acids is 1. The van der Waals surface area contributed by atoms with Crippen LogP contribution in [0, 0.1) is 0 Å². The molecule has 0 fully saturated rings. The fourth-order valence-electron chi connectivity index (χ4n) is 0.925. The van der Waals surface area contributed by atoms with E-state index in [2.05, 4.69) is 15.5 Å². The first-order valence-electron chi connectivity index (χ1n) is 4.13. The van der Waals surface area contributed by atoms with Crippen LogP contribution in [-0.2, 0) is 4.79 Å². The summed E-state index contributed by atoms with van der Waals surface area (Å²) in [5, 5.41) is 22.3. The van der Waals surface area contributed by atoms with Gasteiger partial charge in [0.25, 0.3) is 0 Å². The molecule has 0 aliphatic rings. The predicted molar refractivity (Wildman–Crippen MR) is 57.9 cm³/mol. The van der Waals surface area contributed by atoms with Crippen LogP contribution in [0.15, 0.2) is 17.4 Å². The number of oxime groups is 1. The molecule has 1 heterocycles. The van der Waals surface area contributed by atoms with E-state index in [0.717, 1.165) is 0 Å². The van der Waals surface area contributed by atoms with Crippen molar-refractivity contribution in [2.45, 2.75) is 0 Å². The Hall–Kier alpha value is -2.02. The van der Waals surface area contributed by atoms with Crippen molar-refractivity contribution in [1.29, 1.82) is 0 Å². The zero-order valence-electron chi connectivity index (χ0n) is 8.01. The van der Waals surface area contributed by atoms with E-state index in [9.17, 15) is 4.79 Å². The molecule has 0 bridgehead atoms. The standard InChI is InChI=1S/C8H9ClN4O3/c9-5-1-4(7(10)13-16)2-11-8(5)12-3-6(14)15/h1-2,16H,3H2,(H2,10,13)(H,11,12)(H,14,15). The third kappa shape index (κ3) is 2.99. The quantitative estimate of drug-likeness (QED) is 0.262. The van der Waals surface area contributed by atoms with Gasteiger partial charge >= 0.3 is 5.97 Å². The Labute approximate surface area is 95.5 Å². The van der Waals surface area contributed by atoms with Gasteiger partial charge in [0.15, 0.2) is 5.84 Å². The number of anilines is 1. The molecule has 0 saturated carbocycles. The van der Waals surface area contributed by atoms with Crippen LogP contribution in [0.5, 0.6) is 0 Å². The molecule has 0 aliphatic carbocycles. The number of nitrogens with two attached hydrogens (primary N) is 1. The minimum Gasteiger partial charge on any atom is -0.480 e. The van der Waals surface area contributed by atoms with Crippen molar-refractivity contribution in [3.63, 3.8) is 0 Å². The van der Waals surface area contributed by atoms with E-state index in [-0.39, 0.29) is 23.2 Å². The van der Waals surface area contributed by atoms with Crippen LogP contribution < -0.4 is 11.1 Å². The first kappa shape index (κ1) is 12.1. The smallest absolute Gasteiger partial charge is 0.322 e. The summed E-state index contributed by atoms with van der Waals surface area (Å²) in [6.45, 7) is -0.296. The number of aliphatic carboxylic acids is 1. The number of aromatic nitrogens is 1. The van der Waals surface area contributed by atoms with Crippen LogP contribution in [0.1, 0.15) is 5.56 Å². The monoisotopic (exact) mass is 244 g/mol. The number of amidine groups is 1. The Morgan fingerprint density at radius 2 is 2.38 bits per heavy atom. The SMILES string of the molecule is N/C(=N/O)c1cnc(NCC(=O)O)c(Cl)c1. The summed E-state index contributed by atoms with van der Waals surface area (Å²) in [5.41, 5.74) is 5.66. The summed E-state index contributed by atoms with van der Waals surface area (Å²) in [5.74, 6) is -0.934. The summed E-state index contributed by atoms with van der Waals surface area (Å²) in [6.07, 6.45) is 1.31. The highest BCUT2D eigenvalue weighted by Crippen LogP contribution is 2.19. The van der Waals surface area contributed by atoms with Gasteiger partial charge < -0.3 is 21.4 Å². The summed E-state index contributed by atoms with van der Waals surface area (Å²) >= 11 is 5.80. The van der Waals surface area contributed by atoms with Crippen molar-refractivity contribution < 1.29 is 15.1 Å². The predicted octanol–water partition coefficient (Wildman–Crippen LogP) is 0.326. The zero-order chi connectivity index (χ0) is 12.1. The van der Waals surface area contributed by atoms with E-state index in [1.807, 2.05) is 0 Å². The van der Waals surface area contributed by atoms with Crippen molar-refractivity contribution in [2.24, 2.45) is 10.9 Å². The average molecular weight is 245 g/mol. The lowest BCUT2D eigenvalue weighted by Gasteiger charge is -2.06. The molecule has 0 radical (unpaired) electrons. The average Bonchev–Trinajstić information content (AvgIpc) is 2.26. The van der Waals surface area contributed by atoms with Crippen LogP contribution in [0.3, 0.4) is 0 Å². The van der Waals surface area contributed by atoms with Gasteiger partial charge in [-0.1, -0.05) is 16.8 Å². The Balaban J connectivity index is 2.87. The lowest BCUT2D eigenvalue weighted by atomic mass is 10.2. The summed E-state index contributed by atoms with van der Waals surface area (Å²) in [6, 6.07) is 1.41. The normalized spacial score (nSPS) is 11.2. The number of rotatable bonds is 4. The maximum Gasteiger partial charge on any atom is 0.322 e. The Bertz CT molecular complexity index is 435. The lowest BCUT2D eigenvalue weighted by molar-refractivity contribution is -0.134. The topological polar surface area (TPSA) is 121 Å². The second kappa shape index (κ2) is 5.17. The highest BCUT2D eigenvalue weighted by molar-refractivity contribution is 6.33. The molecule has 0 unspecified atom stereocenters. The summed E-state index contributed by atoms with van der Waals surface area (Å²) in [7, 11) is 0. The van der Waals surface area contributed by atoms with E-state index in [0.29, 0.717) is 5.56 Å². The molecule has 0 aliphatic heterocycles. The first-order chi connectivity index (χ1) is 7.54. The molecule has 5 N–H and O–H groups in total. The van der Waals surface area contributed by atoms with Crippen molar-refractivity contribution in [3.05, 3.63) is 22.8 Å². The third-order valence-corrected chi connectivity index (χ3v) is 1.94. The van der Waals surface area contributed by atoms with Crippen molar-refractivity contribution in [1.82, 2.24) is 4.98 Å². The van der Waals surface area contributed by atoms with Gasteiger partial charge in [-0.25, -0.2) is 4.98 Å². The van der Waals surface area contributed by atoms with Crippen LogP contribution in [0.4, 0.5) is 5.82 Å². The van der Waals surface area contributed by atoms with E-state index >= 15 is 0 Å².